The highest BCUT2D eigenvalue weighted by atomic mass is 16.4. The van der Waals surface area contributed by atoms with E-state index in [1.54, 1.807) is 14.1 Å². The molecule has 0 spiro atoms. The molecule has 4 heteroatoms. The highest BCUT2D eigenvalue weighted by molar-refractivity contribution is 5.80. The molecule has 0 heterocycles. The summed E-state index contributed by atoms with van der Waals surface area (Å²) in [5.74, 6) is -1.09. The van der Waals surface area contributed by atoms with Crippen LogP contribution >= 0.6 is 0 Å². The Balaban J connectivity index is 2.50. The molecular weight excluding hydrogens is 170 g/mol. The summed E-state index contributed by atoms with van der Waals surface area (Å²) in [6, 6.07) is 0. The smallest absolute Gasteiger partial charge is 0.306 e. The van der Waals surface area contributed by atoms with Crippen molar-refractivity contribution in [1.29, 1.82) is 0 Å². The van der Waals surface area contributed by atoms with Gasteiger partial charge in [-0.1, -0.05) is 0 Å². The molecule has 0 bridgehead atoms. The number of carboxylic acid groups (broad SMARTS) is 1. The van der Waals surface area contributed by atoms with Crippen molar-refractivity contribution >= 4 is 11.9 Å². The zero-order valence-electron chi connectivity index (χ0n) is 7.99. The Hall–Kier alpha value is -1.06. The molecular formula is C9H15NO3. The summed E-state index contributed by atoms with van der Waals surface area (Å²) >= 11 is 0. The third kappa shape index (κ3) is 2.20. The molecule has 0 aromatic heterocycles. The van der Waals surface area contributed by atoms with Crippen LogP contribution < -0.4 is 0 Å². The average Bonchev–Trinajstić information content (AvgIpc) is 2.50. The molecule has 1 N–H and O–H groups in total. The Labute approximate surface area is 77.5 Å². The Morgan fingerprint density at radius 1 is 1.23 bits per heavy atom. The average molecular weight is 185 g/mol. The normalized spacial score (nSPS) is 27.2. The lowest BCUT2D eigenvalue weighted by Crippen LogP contribution is -2.28. The first kappa shape index (κ1) is 10.0. The minimum Gasteiger partial charge on any atom is -0.481 e. The van der Waals surface area contributed by atoms with Crippen molar-refractivity contribution in [1.82, 2.24) is 4.90 Å². The summed E-state index contributed by atoms with van der Waals surface area (Å²) in [7, 11) is 3.41. The second kappa shape index (κ2) is 3.77. The number of aliphatic carboxylic acids is 1. The summed E-state index contributed by atoms with van der Waals surface area (Å²) < 4.78 is 0. The second-order valence-corrected chi connectivity index (χ2v) is 3.78. The molecule has 0 aromatic rings. The highest BCUT2D eigenvalue weighted by Crippen LogP contribution is 2.31. The van der Waals surface area contributed by atoms with Gasteiger partial charge in [0.1, 0.15) is 0 Å². The predicted molar refractivity (Wildman–Crippen MR) is 47.2 cm³/mol. The van der Waals surface area contributed by atoms with E-state index < -0.39 is 5.97 Å². The first-order valence-corrected chi connectivity index (χ1v) is 4.46. The fourth-order valence-electron chi connectivity index (χ4n) is 1.80. The van der Waals surface area contributed by atoms with E-state index in [9.17, 15) is 9.59 Å². The Morgan fingerprint density at radius 2 is 1.77 bits per heavy atom. The number of hydrogen-bond donors (Lipinski definition) is 1. The molecule has 1 amide bonds. The first-order valence-electron chi connectivity index (χ1n) is 4.46. The SMILES string of the molecule is CN(C)C(=O)[C@@H]1CC[C@H](C(=O)O)C1. The minimum absolute atomic E-state index is 0.0590. The van der Waals surface area contributed by atoms with Crippen molar-refractivity contribution < 1.29 is 14.7 Å². The van der Waals surface area contributed by atoms with E-state index in [-0.39, 0.29) is 17.7 Å². The molecule has 1 fully saturated rings. The Morgan fingerprint density at radius 3 is 2.15 bits per heavy atom. The van der Waals surface area contributed by atoms with E-state index in [4.69, 9.17) is 5.11 Å². The van der Waals surface area contributed by atoms with Gasteiger partial charge in [-0.2, -0.15) is 0 Å². The van der Waals surface area contributed by atoms with Gasteiger partial charge in [-0.3, -0.25) is 9.59 Å². The van der Waals surface area contributed by atoms with Gasteiger partial charge >= 0.3 is 5.97 Å². The van der Waals surface area contributed by atoms with Crippen molar-refractivity contribution in [3.05, 3.63) is 0 Å². The number of amides is 1. The number of nitrogens with zero attached hydrogens (tertiary/aromatic N) is 1. The van der Waals surface area contributed by atoms with Crippen LogP contribution in [0.3, 0.4) is 0 Å². The molecule has 13 heavy (non-hydrogen) atoms. The molecule has 4 nitrogen and oxygen atoms in total. The molecule has 1 saturated carbocycles. The van der Waals surface area contributed by atoms with Crippen LogP contribution in [-0.4, -0.2) is 36.0 Å². The number of carbonyl (C=O) groups excluding carboxylic acids is 1. The molecule has 0 aromatic carbocycles. The quantitative estimate of drug-likeness (QED) is 0.684. The third-order valence-electron chi connectivity index (χ3n) is 2.57. The molecule has 0 aliphatic heterocycles. The van der Waals surface area contributed by atoms with Gasteiger partial charge in [0.05, 0.1) is 5.92 Å². The van der Waals surface area contributed by atoms with Crippen LogP contribution in [0.4, 0.5) is 0 Å². The summed E-state index contributed by atoms with van der Waals surface area (Å²) in [5.41, 5.74) is 0. The van der Waals surface area contributed by atoms with E-state index in [1.165, 1.54) is 4.90 Å². The molecule has 0 radical (unpaired) electrons. The molecule has 0 unspecified atom stereocenters. The lowest BCUT2D eigenvalue weighted by molar-refractivity contribution is -0.141. The topological polar surface area (TPSA) is 57.6 Å². The summed E-state index contributed by atoms with van der Waals surface area (Å²) in [4.78, 5) is 23.6. The maximum absolute atomic E-state index is 11.4. The van der Waals surface area contributed by atoms with Crippen LogP contribution in [0, 0.1) is 11.8 Å². The van der Waals surface area contributed by atoms with E-state index in [1.807, 2.05) is 0 Å². The van der Waals surface area contributed by atoms with E-state index in [2.05, 4.69) is 0 Å². The molecule has 1 aliphatic rings. The van der Waals surface area contributed by atoms with E-state index in [0.717, 1.165) is 0 Å². The molecule has 1 aliphatic carbocycles. The van der Waals surface area contributed by atoms with E-state index in [0.29, 0.717) is 19.3 Å². The summed E-state index contributed by atoms with van der Waals surface area (Å²) in [5, 5.41) is 8.73. The van der Waals surface area contributed by atoms with Gasteiger partial charge in [0.2, 0.25) is 5.91 Å². The monoisotopic (exact) mass is 185 g/mol. The maximum Gasteiger partial charge on any atom is 0.306 e. The Bertz CT molecular complexity index is 225. The van der Waals surface area contributed by atoms with Gasteiger partial charge < -0.3 is 10.0 Å². The maximum atomic E-state index is 11.4. The van der Waals surface area contributed by atoms with Gasteiger partial charge in [-0.25, -0.2) is 0 Å². The zero-order valence-corrected chi connectivity index (χ0v) is 7.99. The molecule has 1 rings (SSSR count). The highest BCUT2D eigenvalue weighted by Gasteiger charge is 2.34. The van der Waals surface area contributed by atoms with Gasteiger partial charge in [0.25, 0.3) is 0 Å². The van der Waals surface area contributed by atoms with Crippen molar-refractivity contribution in [2.75, 3.05) is 14.1 Å². The van der Waals surface area contributed by atoms with E-state index >= 15 is 0 Å². The van der Waals surface area contributed by atoms with Gasteiger partial charge in [-0.05, 0) is 19.3 Å². The van der Waals surface area contributed by atoms with Crippen LogP contribution in [0.2, 0.25) is 0 Å². The fourth-order valence-corrected chi connectivity index (χ4v) is 1.80. The van der Waals surface area contributed by atoms with Crippen LogP contribution in [0.25, 0.3) is 0 Å². The largest absolute Gasteiger partial charge is 0.481 e. The molecule has 2 atom stereocenters. The Kier molecular flexibility index (Phi) is 2.90. The van der Waals surface area contributed by atoms with Crippen molar-refractivity contribution in [3.8, 4) is 0 Å². The third-order valence-corrected chi connectivity index (χ3v) is 2.57. The number of carbonyl (C=O) groups is 2. The van der Waals surface area contributed by atoms with Gasteiger partial charge in [0.15, 0.2) is 0 Å². The molecule has 0 saturated heterocycles. The summed E-state index contributed by atoms with van der Waals surface area (Å²) in [6.07, 6.45) is 1.86. The number of hydrogen-bond acceptors (Lipinski definition) is 2. The van der Waals surface area contributed by atoms with Crippen molar-refractivity contribution in [2.45, 2.75) is 19.3 Å². The number of rotatable bonds is 2. The van der Waals surface area contributed by atoms with Crippen LogP contribution in [0.1, 0.15) is 19.3 Å². The predicted octanol–water partition coefficient (Wildman–Crippen LogP) is 0.575. The van der Waals surface area contributed by atoms with Crippen LogP contribution in [0.15, 0.2) is 0 Å². The van der Waals surface area contributed by atoms with Crippen molar-refractivity contribution in [2.24, 2.45) is 11.8 Å². The molecule has 74 valence electrons. The minimum atomic E-state index is -0.769. The summed E-state index contributed by atoms with van der Waals surface area (Å²) in [6.45, 7) is 0. The van der Waals surface area contributed by atoms with Gasteiger partial charge in [-0.15, -0.1) is 0 Å². The zero-order chi connectivity index (χ0) is 10.0. The second-order valence-electron chi connectivity index (χ2n) is 3.78. The van der Waals surface area contributed by atoms with Gasteiger partial charge in [0, 0.05) is 20.0 Å². The fraction of sp³-hybridized carbons (Fsp3) is 0.778. The van der Waals surface area contributed by atoms with Crippen molar-refractivity contribution in [3.63, 3.8) is 0 Å². The number of carboxylic acids is 1. The van der Waals surface area contributed by atoms with Crippen LogP contribution in [-0.2, 0) is 9.59 Å². The lowest BCUT2D eigenvalue weighted by Gasteiger charge is -2.15. The standard InChI is InChI=1S/C9H15NO3/c1-10(2)8(11)6-3-4-7(5-6)9(12)13/h6-7H,3-5H2,1-2H3,(H,12,13)/t6-,7+/m1/s1. The van der Waals surface area contributed by atoms with Crippen LogP contribution in [0.5, 0.6) is 0 Å². The first-order chi connectivity index (χ1) is 6.02. The lowest BCUT2D eigenvalue weighted by atomic mass is 10.0.